The Bertz CT molecular complexity index is 1020. The highest BCUT2D eigenvalue weighted by molar-refractivity contribution is 6.05. The molecule has 144 valence electrons. The molecule has 0 bridgehead atoms. The number of piperidine rings is 1. The van der Waals surface area contributed by atoms with Crippen molar-refractivity contribution in [3.8, 4) is 0 Å². The summed E-state index contributed by atoms with van der Waals surface area (Å²) in [5, 5.41) is 14.3. The molecule has 2 aliphatic rings. The number of rotatable bonds is 2. The van der Waals surface area contributed by atoms with E-state index in [4.69, 9.17) is 9.90 Å². The molecule has 1 fully saturated rings. The van der Waals surface area contributed by atoms with Crippen molar-refractivity contribution in [1.29, 1.82) is 0 Å². The molecule has 5 rings (SSSR count). The number of pyridine rings is 2. The van der Waals surface area contributed by atoms with Gasteiger partial charge in [0, 0.05) is 25.5 Å². The Morgan fingerprint density at radius 1 is 1.21 bits per heavy atom. The van der Waals surface area contributed by atoms with Gasteiger partial charge in [0.1, 0.15) is 5.41 Å². The second-order valence-corrected chi connectivity index (χ2v) is 7.04. The van der Waals surface area contributed by atoms with Gasteiger partial charge in [-0.05, 0) is 49.7 Å². The molecular formula is C20H21N5O3. The van der Waals surface area contributed by atoms with Crippen LogP contribution >= 0.6 is 0 Å². The first-order chi connectivity index (χ1) is 13.7. The fourth-order valence-electron chi connectivity index (χ4n) is 4.25. The van der Waals surface area contributed by atoms with E-state index < -0.39 is 5.41 Å². The second kappa shape index (κ2) is 7.40. The van der Waals surface area contributed by atoms with E-state index in [1.54, 1.807) is 6.20 Å². The highest BCUT2D eigenvalue weighted by Gasteiger charge is 2.50. The van der Waals surface area contributed by atoms with Crippen LogP contribution in [0.5, 0.6) is 0 Å². The van der Waals surface area contributed by atoms with E-state index in [1.807, 2.05) is 28.9 Å². The highest BCUT2D eigenvalue weighted by atomic mass is 16.3. The molecule has 1 spiro atoms. The van der Waals surface area contributed by atoms with E-state index >= 15 is 0 Å². The molecule has 1 atom stereocenters. The summed E-state index contributed by atoms with van der Waals surface area (Å²) in [5.41, 5.74) is 3.48. The molecule has 5 heterocycles. The number of carbonyl (C=O) groups is 2. The van der Waals surface area contributed by atoms with Crippen molar-refractivity contribution in [3.05, 3.63) is 60.2 Å². The van der Waals surface area contributed by atoms with Gasteiger partial charge in [-0.3, -0.25) is 19.5 Å². The second-order valence-electron chi connectivity index (χ2n) is 7.04. The zero-order valence-electron chi connectivity index (χ0n) is 15.3. The number of fused-ring (bicyclic) bond motifs is 3. The minimum absolute atomic E-state index is 0.0863. The van der Waals surface area contributed by atoms with E-state index in [0.29, 0.717) is 6.54 Å². The van der Waals surface area contributed by atoms with Crippen LogP contribution in [-0.4, -0.2) is 50.1 Å². The predicted octanol–water partition coefficient (Wildman–Crippen LogP) is 1.92. The third kappa shape index (κ3) is 3.01. The average Bonchev–Trinajstić information content (AvgIpc) is 3.28. The van der Waals surface area contributed by atoms with Crippen molar-refractivity contribution in [2.75, 3.05) is 18.4 Å². The van der Waals surface area contributed by atoms with E-state index in [0.717, 1.165) is 48.5 Å². The number of amides is 1. The maximum absolute atomic E-state index is 12.8. The summed E-state index contributed by atoms with van der Waals surface area (Å²) in [6.07, 6.45) is 5.44. The average molecular weight is 379 g/mol. The molecular weight excluding hydrogens is 358 g/mol. The number of carbonyl (C=O) groups excluding carboxylic acids is 1. The molecule has 8 nitrogen and oxygen atoms in total. The van der Waals surface area contributed by atoms with Crippen LogP contribution in [0.4, 0.5) is 5.69 Å². The molecule has 2 aliphatic heterocycles. The summed E-state index contributed by atoms with van der Waals surface area (Å²) < 4.78 is 1.97. The van der Waals surface area contributed by atoms with Crippen molar-refractivity contribution in [2.24, 2.45) is 0 Å². The Labute approximate surface area is 161 Å². The SMILES string of the molecule is O=C1Nc2cccnc2C12CCCN(Cc1cccc3ccnn13)C2.O=CO. The summed E-state index contributed by atoms with van der Waals surface area (Å²) in [6.45, 7) is 2.20. The molecule has 0 aromatic carbocycles. The Hall–Kier alpha value is -3.26. The number of hydrogen-bond acceptors (Lipinski definition) is 5. The maximum atomic E-state index is 12.8. The summed E-state index contributed by atoms with van der Waals surface area (Å²) in [4.78, 5) is 28.0. The van der Waals surface area contributed by atoms with Crippen molar-refractivity contribution in [2.45, 2.75) is 24.8 Å². The molecule has 3 aromatic heterocycles. The zero-order chi connectivity index (χ0) is 19.6. The molecule has 0 aliphatic carbocycles. The number of anilines is 1. The van der Waals surface area contributed by atoms with Gasteiger partial charge in [-0.25, -0.2) is 4.52 Å². The van der Waals surface area contributed by atoms with Crippen LogP contribution < -0.4 is 5.32 Å². The third-order valence-electron chi connectivity index (χ3n) is 5.40. The molecule has 1 saturated heterocycles. The molecule has 28 heavy (non-hydrogen) atoms. The summed E-state index contributed by atoms with van der Waals surface area (Å²) in [6, 6.07) is 12.0. The topological polar surface area (TPSA) is 99.8 Å². The number of aromatic nitrogens is 3. The predicted molar refractivity (Wildman–Crippen MR) is 103 cm³/mol. The van der Waals surface area contributed by atoms with E-state index in [2.05, 4.69) is 38.5 Å². The van der Waals surface area contributed by atoms with Gasteiger partial charge in [0.05, 0.1) is 22.6 Å². The van der Waals surface area contributed by atoms with Crippen LogP contribution in [0.2, 0.25) is 0 Å². The van der Waals surface area contributed by atoms with Crippen molar-refractivity contribution < 1.29 is 14.7 Å². The number of carboxylic acid groups (broad SMARTS) is 1. The first-order valence-electron chi connectivity index (χ1n) is 9.17. The van der Waals surface area contributed by atoms with Gasteiger partial charge in [0.15, 0.2) is 0 Å². The molecule has 0 radical (unpaired) electrons. The third-order valence-corrected chi connectivity index (χ3v) is 5.40. The standard InChI is InChI=1S/C19H19N5O.CH2O2/c25-18-19(17-16(22-18)6-2-9-20-17)8-3-11-23(13-19)12-15-5-1-4-14-7-10-21-24(14)15;2-1-3/h1-2,4-7,9-10H,3,8,11-13H2,(H,22,25);1H,(H,2,3). The van der Waals surface area contributed by atoms with E-state index in [9.17, 15) is 4.79 Å². The molecule has 2 N–H and O–H groups in total. The summed E-state index contributed by atoms with van der Waals surface area (Å²) in [5.74, 6) is 0.0863. The minimum atomic E-state index is -0.521. The normalized spacial score (nSPS) is 21.1. The van der Waals surface area contributed by atoms with Crippen LogP contribution in [-0.2, 0) is 21.5 Å². The van der Waals surface area contributed by atoms with Crippen molar-refractivity contribution in [3.63, 3.8) is 0 Å². The van der Waals surface area contributed by atoms with Crippen LogP contribution in [0.1, 0.15) is 24.2 Å². The lowest BCUT2D eigenvalue weighted by Gasteiger charge is -2.38. The maximum Gasteiger partial charge on any atom is 0.290 e. The molecule has 0 saturated carbocycles. The smallest absolute Gasteiger partial charge is 0.290 e. The van der Waals surface area contributed by atoms with Gasteiger partial charge in [-0.2, -0.15) is 5.10 Å². The number of likely N-dealkylation sites (tertiary alicyclic amines) is 1. The highest BCUT2D eigenvalue weighted by Crippen LogP contribution is 2.42. The van der Waals surface area contributed by atoms with E-state index in [-0.39, 0.29) is 12.4 Å². The summed E-state index contributed by atoms with van der Waals surface area (Å²) >= 11 is 0. The zero-order valence-corrected chi connectivity index (χ0v) is 15.3. The fraction of sp³-hybridized carbons (Fsp3) is 0.300. The monoisotopic (exact) mass is 379 g/mol. The lowest BCUT2D eigenvalue weighted by Crippen LogP contribution is -2.50. The number of hydrogen-bond donors (Lipinski definition) is 2. The Morgan fingerprint density at radius 2 is 2.07 bits per heavy atom. The van der Waals surface area contributed by atoms with Gasteiger partial charge in [-0.15, -0.1) is 0 Å². The summed E-state index contributed by atoms with van der Waals surface area (Å²) in [7, 11) is 0. The van der Waals surface area contributed by atoms with Gasteiger partial charge in [0.25, 0.3) is 6.47 Å². The minimum Gasteiger partial charge on any atom is -0.483 e. The molecule has 1 unspecified atom stereocenters. The van der Waals surface area contributed by atoms with Crippen LogP contribution in [0, 0.1) is 0 Å². The van der Waals surface area contributed by atoms with Crippen LogP contribution in [0.15, 0.2) is 48.8 Å². The van der Waals surface area contributed by atoms with Crippen LogP contribution in [0.3, 0.4) is 0 Å². The molecule has 3 aromatic rings. The van der Waals surface area contributed by atoms with Gasteiger partial charge in [-0.1, -0.05) is 6.07 Å². The van der Waals surface area contributed by atoms with E-state index in [1.165, 1.54) is 0 Å². The van der Waals surface area contributed by atoms with Gasteiger partial charge < -0.3 is 10.4 Å². The Kier molecular flexibility index (Phi) is 4.79. The number of nitrogens with zero attached hydrogens (tertiary/aromatic N) is 4. The fourth-order valence-corrected chi connectivity index (χ4v) is 4.25. The largest absolute Gasteiger partial charge is 0.483 e. The Balaban J connectivity index is 0.000000604. The van der Waals surface area contributed by atoms with Crippen molar-refractivity contribution >= 4 is 23.6 Å². The van der Waals surface area contributed by atoms with Crippen molar-refractivity contribution in [1.82, 2.24) is 19.5 Å². The molecule has 1 amide bonds. The lowest BCUT2D eigenvalue weighted by atomic mass is 9.77. The first kappa shape index (κ1) is 18.1. The van der Waals surface area contributed by atoms with Crippen LogP contribution in [0.25, 0.3) is 5.52 Å². The lowest BCUT2D eigenvalue weighted by molar-refractivity contribution is -0.123. The van der Waals surface area contributed by atoms with Gasteiger partial charge in [0.2, 0.25) is 5.91 Å². The van der Waals surface area contributed by atoms with Gasteiger partial charge >= 0.3 is 0 Å². The number of nitrogens with one attached hydrogen (secondary N) is 1. The Morgan fingerprint density at radius 3 is 2.93 bits per heavy atom. The first-order valence-corrected chi connectivity index (χ1v) is 9.17. The quantitative estimate of drug-likeness (QED) is 0.660. The molecule has 8 heteroatoms.